The molecule has 0 saturated heterocycles. The van der Waals surface area contributed by atoms with Gasteiger partial charge < -0.3 is 0 Å². The second-order valence-corrected chi connectivity index (χ2v) is 5.13. The van der Waals surface area contributed by atoms with E-state index in [0.29, 0.717) is 5.41 Å². The van der Waals surface area contributed by atoms with E-state index in [1.165, 1.54) is 19.3 Å². The summed E-state index contributed by atoms with van der Waals surface area (Å²) in [5, 5.41) is 0. The lowest BCUT2D eigenvalue weighted by molar-refractivity contribution is 0.197. The monoisotopic (exact) mass is 153 g/mol. The Morgan fingerprint density at radius 1 is 1.27 bits per heavy atom. The molecule has 1 rings (SSSR count). The third kappa shape index (κ3) is 2.50. The molecule has 0 heterocycles. The highest BCUT2D eigenvalue weighted by atomic mass is 14.3. The summed E-state index contributed by atoms with van der Waals surface area (Å²) in [6.45, 7) is 9.44. The van der Waals surface area contributed by atoms with Crippen molar-refractivity contribution in [1.82, 2.24) is 0 Å². The zero-order valence-corrected chi connectivity index (χ0v) is 8.35. The molecular weight excluding hydrogens is 132 g/mol. The topological polar surface area (TPSA) is 0 Å². The highest BCUT2D eigenvalue weighted by Crippen LogP contribution is 2.39. The van der Waals surface area contributed by atoms with Gasteiger partial charge in [0, 0.05) is 0 Å². The first-order valence-electron chi connectivity index (χ1n) is 4.83. The highest BCUT2D eigenvalue weighted by Gasteiger charge is 2.28. The van der Waals surface area contributed by atoms with Crippen LogP contribution in [-0.4, -0.2) is 0 Å². The fourth-order valence-corrected chi connectivity index (χ4v) is 1.94. The maximum Gasteiger partial charge on any atom is -0.0332 e. The fourth-order valence-electron chi connectivity index (χ4n) is 1.94. The van der Waals surface area contributed by atoms with Crippen molar-refractivity contribution in [2.45, 2.75) is 47.0 Å². The molecule has 1 fully saturated rings. The first-order valence-corrected chi connectivity index (χ1v) is 4.83. The fraction of sp³-hybridized carbons (Fsp3) is 0.909. The first-order chi connectivity index (χ1) is 5.00. The summed E-state index contributed by atoms with van der Waals surface area (Å²) in [5.74, 6) is 1.80. The predicted molar refractivity (Wildman–Crippen MR) is 50.3 cm³/mol. The number of hydrogen-bond donors (Lipinski definition) is 0. The molecule has 0 aromatic carbocycles. The zero-order chi connectivity index (χ0) is 8.48. The molecule has 0 bridgehead atoms. The summed E-state index contributed by atoms with van der Waals surface area (Å²) in [6, 6.07) is 0. The van der Waals surface area contributed by atoms with Gasteiger partial charge in [0.2, 0.25) is 0 Å². The molecule has 0 heteroatoms. The molecule has 2 atom stereocenters. The first kappa shape index (κ1) is 9.09. The van der Waals surface area contributed by atoms with Gasteiger partial charge in [0.05, 0.1) is 0 Å². The van der Waals surface area contributed by atoms with Crippen LogP contribution in [0.3, 0.4) is 0 Å². The van der Waals surface area contributed by atoms with E-state index in [2.05, 4.69) is 34.1 Å². The zero-order valence-electron chi connectivity index (χ0n) is 8.35. The molecule has 11 heavy (non-hydrogen) atoms. The van der Waals surface area contributed by atoms with Crippen LogP contribution in [0.15, 0.2) is 0 Å². The van der Waals surface area contributed by atoms with Crippen molar-refractivity contribution in [2.75, 3.05) is 0 Å². The molecule has 0 N–H and O–H groups in total. The Labute approximate surface area is 71.4 Å². The van der Waals surface area contributed by atoms with Crippen molar-refractivity contribution in [3.63, 3.8) is 0 Å². The van der Waals surface area contributed by atoms with Crippen LogP contribution in [0.1, 0.15) is 47.0 Å². The molecule has 0 nitrogen and oxygen atoms in total. The normalized spacial score (nSPS) is 33.8. The lowest BCUT2D eigenvalue weighted by Gasteiger charge is -2.36. The van der Waals surface area contributed by atoms with Crippen molar-refractivity contribution < 1.29 is 0 Å². The van der Waals surface area contributed by atoms with Crippen LogP contribution < -0.4 is 0 Å². The van der Waals surface area contributed by atoms with Crippen molar-refractivity contribution in [2.24, 2.45) is 17.3 Å². The quantitative estimate of drug-likeness (QED) is 0.498. The Balaban J connectivity index is 2.46. The van der Waals surface area contributed by atoms with E-state index in [4.69, 9.17) is 0 Å². The Morgan fingerprint density at radius 2 is 1.91 bits per heavy atom. The Morgan fingerprint density at radius 3 is 2.27 bits per heavy atom. The minimum Gasteiger partial charge on any atom is -0.0625 e. The van der Waals surface area contributed by atoms with Gasteiger partial charge in [-0.25, -0.2) is 0 Å². The molecular formula is C11H21. The van der Waals surface area contributed by atoms with E-state index in [1.54, 1.807) is 0 Å². The van der Waals surface area contributed by atoms with Crippen molar-refractivity contribution >= 4 is 0 Å². The molecule has 1 aliphatic carbocycles. The lowest BCUT2D eigenvalue weighted by Crippen LogP contribution is -2.26. The average Bonchev–Trinajstić information content (AvgIpc) is 1.86. The largest absolute Gasteiger partial charge is 0.0625 e. The summed E-state index contributed by atoms with van der Waals surface area (Å²) in [5.41, 5.74) is 0.495. The van der Waals surface area contributed by atoms with E-state index in [9.17, 15) is 0 Å². The van der Waals surface area contributed by atoms with Crippen LogP contribution in [0, 0.1) is 23.7 Å². The van der Waals surface area contributed by atoms with Gasteiger partial charge in [-0.15, -0.1) is 0 Å². The van der Waals surface area contributed by atoms with Gasteiger partial charge in [-0.2, -0.15) is 0 Å². The molecule has 0 aromatic heterocycles. The van der Waals surface area contributed by atoms with Crippen LogP contribution in [0.2, 0.25) is 0 Å². The maximum atomic E-state index is 2.53. The predicted octanol–water partition coefficient (Wildman–Crippen LogP) is 3.67. The van der Waals surface area contributed by atoms with Crippen LogP contribution in [-0.2, 0) is 0 Å². The number of hydrogen-bond acceptors (Lipinski definition) is 0. The van der Waals surface area contributed by atoms with Gasteiger partial charge >= 0.3 is 0 Å². The van der Waals surface area contributed by atoms with Crippen LogP contribution in [0.4, 0.5) is 0 Å². The van der Waals surface area contributed by atoms with Gasteiger partial charge in [0.25, 0.3) is 0 Å². The van der Waals surface area contributed by atoms with Crippen molar-refractivity contribution in [3.05, 3.63) is 6.42 Å². The number of rotatable bonds is 0. The van der Waals surface area contributed by atoms with Crippen LogP contribution in [0.5, 0.6) is 0 Å². The van der Waals surface area contributed by atoms with Crippen LogP contribution >= 0.6 is 0 Å². The third-order valence-electron chi connectivity index (χ3n) is 2.88. The SMILES string of the molecule is CC1CC[CH]C(C(C)(C)C)C1. The second-order valence-electron chi connectivity index (χ2n) is 5.13. The third-order valence-corrected chi connectivity index (χ3v) is 2.88. The molecule has 65 valence electrons. The Bertz CT molecular complexity index is 118. The lowest BCUT2D eigenvalue weighted by atomic mass is 9.69. The van der Waals surface area contributed by atoms with E-state index < -0.39 is 0 Å². The summed E-state index contributed by atoms with van der Waals surface area (Å²) < 4.78 is 0. The van der Waals surface area contributed by atoms with Gasteiger partial charge in [-0.1, -0.05) is 34.1 Å². The standard InChI is InChI=1S/C11H21/c1-9-6-5-7-10(8-9)11(2,3)4/h7,9-10H,5-6,8H2,1-4H3. The molecule has 2 unspecified atom stereocenters. The Hall–Kier alpha value is 0. The molecule has 1 radical (unpaired) electrons. The van der Waals surface area contributed by atoms with E-state index in [0.717, 1.165) is 11.8 Å². The van der Waals surface area contributed by atoms with Crippen molar-refractivity contribution in [1.29, 1.82) is 0 Å². The summed E-state index contributed by atoms with van der Waals surface area (Å²) in [7, 11) is 0. The molecule has 0 aliphatic heterocycles. The highest BCUT2D eigenvalue weighted by molar-refractivity contribution is 4.90. The summed E-state index contributed by atoms with van der Waals surface area (Å²) >= 11 is 0. The van der Waals surface area contributed by atoms with Gasteiger partial charge in [-0.3, -0.25) is 0 Å². The van der Waals surface area contributed by atoms with E-state index >= 15 is 0 Å². The Kier molecular flexibility index (Phi) is 2.61. The van der Waals surface area contributed by atoms with Gasteiger partial charge in [-0.05, 0) is 36.5 Å². The second kappa shape index (κ2) is 3.16. The van der Waals surface area contributed by atoms with E-state index in [1.807, 2.05) is 0 Å². The van der Waals surface area contributed by atoms with Crippen LogP contribution in [0.25, 0.3) is 0 Å². The smallest absolute Gasteiger partial charge is 0.0332 e. The molecule has 1 saturated carbocycles. The molecule has 0 amide bonds. The summed E-state index contributed by atoms with van der Waals surface area (Å²) in [6.07, 6.45) is 6.68. The molecule has 1 aliphatic rings. The summed E-state index contributed by atoms with van der Waals surface area (Å²) in [4.78, 5) is 0. The minimum absolute atomic E-state index is 0.495. The van der Waals surface area contributed by atoms with Gasteiger partial charge in [0.15, 0.2) is 0 Å². The molecule has 0 aromatic rings. The van der Waals surface area contributed by atoms with Gasteiger partial charge in [0.1, 0.15) is 0 Å². The maximum absolute atomic E-state index is 2.53. The van der Waals surface area contributed by atoms with E-state index in [-0.39, 0.29) is 0 Å². The minimum atomic E-state index is 0.495. The average molecular weight is 153 g/mol. The van der Waals surface area contributed by atoms with Crippen molar-refractivity contribution in [3.8, 4) is 0 Å². The molecule has 0 spiro atoms.